The summed E-state index contributed by atoms with van der Waals surface area (Å²) in [4.78, 5) is 4.31. The lowest BCUT2D eigenvalue weighted by atomic mass is 9.77. The van der Waals surface area contributed by atoms with Crippen molar-refractivity contribution in [3.63, 3.8) is 0 Å². The third-order valence-corrected chi connectivity index (χ3v) is 3.59. The molecule has 3 heteroatoms. The first-order valence-corrected chi connectivity index (χ1v) is 6.53. The number of rotatable bonds is 7. The molecule has 1 aliphatic rings. The van der Waals surface area contributed by atoms with E-state index in [1.54, 1.807) is 0 Å². The van der Waals surface area contributed by atoms with Gasteiger partial charge in [0, 0.05) is 18.3 Å². The number of hydrogen-bond donors (Lipinski definition) is 1. The molecule has 94 valence electrons. The van der Waals surface area contributed by atoms with Crippen LogP contribution in [0.5, 0.6) is 0 Å². The van der Waals surface area contributed by atoms with E-state index < -0.39 is 0 Å². The van der Waals surface area contributed by atoms with Crippen LogP contribution >= 0.6 is 0 Å². The minimum atomic E-state index is 0.164. The van der Waals surface area contributed by atoms with Gasteiger partial charge < -0.3 is 10.1 Å². The Morgan fingerprint density at radius 1 is 1.41 bits per heavy atom. The lowest BCUT2D eigenvalue weighted by molar-refractivity contribution is -0.103. The molecule has 1 fully saturated rings. The summed E-state index contributed by atoms with van der Waals surface area (Å²) in [5.74, 6) is 0. The number of ether oxygens (including phenoxy) is 1. The summed E-state index contributed by atoms with van der Waals surface area (Å²) >= 11 is 0. The summed E-state index contributed by atoms with van der Waals surface area (Å²) < 4.78 is 6.09. The van der Waals surface area contributed by atoms with Crippen molar-refractivity contribution in [3.05, 3.63) is 30.1 Å². The Morgan fingerprint density at radius 3 is 2.88 bits per heavy atom. The number of nitrogens with zero attached hydrogens (tertiary/aromatic N) is 1. The second kappa shape index (κ2) is 6.12. The van der Waals surface area contributed by atoms with Crippen molar-refractivity contribution in [1.29, 1.82) is 0 Å². The molecule has 0 atom stereocenters. The molecule has 1 aromatic rings. The summed E-state index contributed by atoms with van der Waals surface area (Å²) in [6, 6.07) is 6.04. The average molecular weight is 234 g/mol. The molecular formula is C14H22N2O. The van der Waals surface area contributed by atoms with Crippen LogP contribution in [-0.4, -0.2) is 30.8 Å². The summed E-state index contributed by atoms with van der Waals surface area (Å²) in [6.07, 6.45) is 7.64. The molecule has 0 saturated heterocycles. The summed E-state index contributed by atoms with van der Waals surface area (Å²) in [5, 5.41) is 3.21. The van der Waals surface area contributed by atoms with Crippen LogP contribution in [0.15, 0.2) is 24.4 Å². The monoisotopic (exact) mass is 234 g/mol. The summed E-state index contributed by atoms with van der Waals surface area (Å²) in [7, 11) is 2.00. The van der Waals surface area contributed by atoms with Crippen molar-refractivity contribution < 1.29 is 4.74 Å². The first-order valence-electron chi connectivity index (χ1n) is 6.53. The van der Waals surface area contributed by atoms with E-state index in [4.69, 9.17) is 4.74 Å². The van der Waals surface area contributed by atoms with Gasteiger partial charge >= 0.3 is 0 Å². The molecule has 1 aromatic heterocycles. The first-order chi connectivity index (χ1) is 8.35. The quantitative estimate of drug-likeness (QED) is 0.785. The predicted molar refractivity (Wildman–Crippen MR) is 69.0 cm³/mol. The molecule has 1 saturated carbocycles. The number of hydrogen-bond acceptors (Lipinski definition) is 3. The Kier molecular flexibility index (Phi) is 4.51. The molecule has 0 unspecified atom stereocenters. The van der Waals surface area contributed by atoms with Crippen LogP contribution in [0.4, 0.5) is 0 Å². The fourth-order valence-corrected chi connectivity index (χ4v) is 2.31. The van der Waals surface area contributed by atoms with E-state index in [1.807, 2.05) is 25.4 Å². The van der Waals surface area contributed by atoms with E-state index in [2.05, 4.69) is 16.4 Å². The van der Waals surface area contributed by atoms with Gasteiger partial charge in [0.15, 0.2) is 0 Å². The molecule has 0 spiro atoms. The maximum atomic E-state index is 6.09. The molecule has 0 aromatic carbocycles. The third-order valence-electron chi connectivity index (χ3n) is 3.59. The van der Waals surface area contributed by atoms with Crippen LogP contribution < -0.4 is 5.32 Å². The SMILES string of the molecule is CNCCC1(OCCc2ccccn2)CCC1. The third kappa shape index (κ3) is 3.51. The molecule has 1 heterocycles. The van der Waals surface area contributed by atoms with Gasteiger partial charge in [0.25, 0.3) is 0 Å². The topological polar surface area (TPSA) is 34.1 Å². The molecule has 0 amide bonds. The second-order valence-corrected chi connectivity index (χ2v) is 4.81. The molecule has 0 radical (unpaired) electrons. The van der Waals surface area contributed by atoms with Gasteiger partial charge in [-0.05, 0) is 51.4 Å². The number of aromatic nitrogens is 1. The highest BCUT2D eigenvalue weighted by molar-refractivity contribution is 5.03. The minimum absolute atomic E-state index is 0.164. The lowest BCUT2D eigenvalue weighted by Gasteiger charge is -2.42. The number of nitrogens with one attached hydrogen (secondary N) is 1. The van der Waals surface area contributed by atoms with Crippen LogP contribution in [0.3, 0.4) is 0 Å². The average Bonchev–Trinajstić information content (AvgIpc) is 2.33. The molecule has 3 nitrogen and oxygen atoms in total. The van der Waals surface area contributed by atoms with Gasteiger partial charge in [0.2, 0.25) is 0 Å². The fourth-order valence-electron chi connectivity index (χ4n) is 2.31. The smallest absolute Gasteiger partial charge is 0.0694 e. The maximum Gasteiger partial charge on any atom is 0.0694 e. The van der Waals surface area contributed by atoms with E-state index in [1.165, 1.54) is 19.3 Å². The van der Waals surface area contributed by atoms with Gasteiger partial charge in [0.05, 0.1) is 12.2 Å². The zero-order valence-electron chi connectivity index (χ0n) is 10.6. The Labute approximate surface area is 104 Å². The highest BCUT2D eigenvalue weighted by Crippen LogP contribution is 2.38. The largest absolute Gasteiger partial charge is 0.375 e. The molecule has 2 rings (SSSR count). The van der Waals surface area contributed by atoms with Gasteiger partial charge in [-0.2, -0.15) is 0 Å². The molecule has 0 bridgehead atoms. The highest BCUT2D eigenvalue weighted by atomic mass is 16.5. The standard InChI is InChI=1S/C14H22N2O/c1-15-11-9-14(7-4-8-14)17-12-6-13-5-2-3-10-16-13/h2-3,5,10,15H,4,6-9,11-12H2,1H3. The van der Waals surface area contributed by atoms with Crippen molar-refractivity contribution in [2.75, 3.05) is 20.2 Å². The van der Waals surface area contributed by atoms with Gasteiger partial charge in [-0.1, -0.05) is 6.07 Å². The van der Waals surface area contributed by atoms with Crippen molar-refractivity contribution in [1.82, 2.24) is 10.3 Å². The number of pyridine rings is 1. The van der Waals surface area contributed by atoms with Crippen molar-refractivity contribution in [2.45, 2.75) is 37.7 Å². The Bertz CT molecular complexity index is 322. The zero-order chi connectivity index (χ0) is 12.0. The molecule has 1 aliphatic carbocycles. The van der Waals surface area contributed by atoms with Gasteiger partial charge in [-0.15, -0.1) is 0 Å². The molecule has 17 heavy (non-hydrogen) atoms. The highest BCUT2D eigenvalue weighted by Gasteiger charge is 2.37. The molecule has 0 aliphatic heterocycles. The predicted octanol–water partition coefficient (Wildman–Crippen LogP) is 2.17. The van der Waals surface area contributed by atoms with Crippen LogP contribution in [0.25, 0.3) is 0 Å². The summed E-state index contributed by atoms with van der Waals surface area (Å²) in [5.41, 5.74) is 1.29. The van der Waals surface area contributed by atoms with Crippen LogP contribution in [0.1, 0.15) is 31.4 Å². The van der Waals surface area contributed by atoms with Crippen LogP contribution in [0.2, 0.25) is 0 Å². The second-order valence-electron chi connectivity index (χ2n) is 4.81. The van der Waals surface area contributed by atoms with E-state index >= 15 is 0 Å². The minimum Gasteiger partial charge on any atom is -0.375 e. The van der Waals surface area contributed by atoms with Crippen molar-refractivity contribution in [3.8, 4) is 0 Å². The maximum absolute atomic E-state index is 6.09. The first kappa shape index (κ1) is 12.5. The van der Waals surface area contributed by atoms with E-state index in [9.17, 15) is 0 Å². The Morgan fingerprint density at radius 2 is 2.29 bits per heavy atom. The molecular weight excluding hydrogens is 212 g/mol. The van der Waals surface area contributed by atoms with Gasteiger partial charge in [-0.3, -0.25) is 4.98 Å². The Hall–Kier alpha value is -0.930. The lowest BCUT2D eigenvalue weighted by Crippen LogP contribution is -2.42. The van der Waals surface area contributed by atoms with Gasteiger partial charge in [0.1, 0.15) is 0 Å². The van der Waals surface area contributed by atoms with Gasteiger partial charge in [-0.25, -0.2) is 0 Å². The molecule has 1 N–H and O–H groups in total. The zero-order valence-corrected chi connectivity index (χ0v) is 10.6. The Balaban J connectivity index is 1.73. The van der Waals surface area contributed by atoms with Crippen molar-refractivity contribution >= 4 is 0 Å². The van der Waals surface area contributed by atoms with Crippen LogP contribution in [0, 0.1) is 0 Å². The van der Waals surface area contributed by atoms with Crippen LogP contribution in [-0.2, 0) is 11.2 Å². The van der Waals surface area contributed by atoms with E-state index in [0.29, 0.717) is 0 Å². The van der Waals surface area contributed by atoms with Crippen molar-refractivity contribution in [2.24, 2.45) is 0 Å². The van der Waals surface area contributed by atoms with E-state index in [0.717, 1.165) is 31.7 Å². The normalized spacial score (nSPS) is 17.7. The fraction of sp³-hybridized carbons (Fsp3) is 0.643. The van der Waals surface area contributed by atoms with E-state index in [-0.39, 0.29) is 5.60 Å². The summed E-state index contributed by atoms with van der Waals surface area (Å²) in [6.45, 7) is 1.84.